The van der Waals surface area contributed by atoms with Crippen LogP contribution in [-0.4, -0.2) is 12.6 Å². The summed E-state index contributed by atoms with van der Waals surface area (Å²) in [6.07, 6.45) is 4.56. The molecule has 0 spiro atoms. The van der Waals surface area contributed by atoms with Gasteiger partial charge in [-0.1, -0.05) is 0 Å². The van der Waals surface area contributed by atoms with Crippen LogP contribution in [0.1, 0.15) is 31.2 Å². The molecule has 0 saturated heterocycles. The third kappa shape index (κ3) is 2.08. The van der Waals surface area contributed by atoms with Gasteiger partial charge in [0.05, 0.1) is 10.6 Å². The summed E-state index contributed by atoms with van der Waals surface area (Å²) in [4.78, 5) is 0. The number of ether oxygens (including phenoxy) is 1. The normalized spacial score (nSPS) is 21.4. The highest BCUT2D eigenvalue weighted by Gasteiger charge is 2.46. The van der Waals surface area contributed by atoms with Crippen LogP contribution in [0.25, 0.3) is 0 Å². The minimum Gasteiger partial charge on any atom is -0.489 e. The van der Waals surface area contributed by atoms with Gasteiger partial charge in [0, 0.05) is 17.5 Å². The van der Waals surface area contributed by atoms with E-state index in [1.165, 1.54) is 6.07 Å². The van der Waals surface area contributed by atoms with Crippen molar-refractivity contribution >= 4 is 15.9 Å². The van der Waals surface area contributed by atoms with Crippen molar-refractivity contribution in [3.63, 3.8) is 0 Å². The molecule has 2 saturated carbocycles. The van der Waals surface area contributed by atoms with E-state index in [-0.39, 0.29) is 11.2 Å². The van der Waals surface area contributed by atoms with E-state index in [2.05, 4.69) is 15.9 Å². The maximum Gasteiger partial charge on any atom is 0.137 e. The molecule has 0 unspecified atom stereocenters. The second-order valence-corrected chi connectivity index (χ2v) is 5.92. The maximum absolute atomic E-state index is 13.5. The largest absolute Gasteiger partial charge is 0.489 e. The van der Waals surface area contributed by atoms with Crippen molar-refractivity contribution in [3.8, 4) is 5.75 Å². The van der Waals surface area contributed by atoms with E-state index in [9.17, 15) is 4.39 Å². The second-order valence-electron chi connectivity index (χ2n) is 5.07. The maximum atomic E-state index is 13.5. The summed E-state index contributed by atoms with van der Waals surface area (Å²) < 4.78 is 20.1. The lowest BCUT2D eigenvalue weighted by Crippen LogP contribution is -2.21. The molecule has 2 nitrogen and oxygen atoms in total. The molecule has 0 aromatic heterocycles. The van der Waals surface area contributed by atoms with Crippen LogP contribution < -0.4 is 10.5 Å². The monoisotopic (exact) mass is 299 g/mol. The first-order valence-electron chi connectivity index (χ1n) is 6.01. The molecule has 2 aliphatic rings. The first kappa shape index (κ1) is 11.5. The van der Waals surface area contributed by atoms with E-state index in [1.807, 2.05) is 0 Å². The second kappa shape index (κ2) is 3.95. The molecule has 0 heterocycles. The topological polar surface area (TPSA) is 35.2 Å². The molecule has 92 valence electrons. The minimum atomic E-state index is -0.227. The van der Waals surface area contributed by atoms with Crippen molar-refractivity contribution in [1.29, 1.82) is 0 Å². The molecule has 0 bridgehead atoms. The number of nitrogens with two attached hydrogens (primary N) is 1. The van der Waals surface area contributed by atoms with Crippen molar-refractivity contribution in [2.75, 3.05) is 6.54 Å². The standard InChI is InChI=1S/C13H15BrFNO/c14-11-6-8(15)5-10(13(7-16)3-4-13)12(11)17-9-1-2-9/h5-6,9H,1-4,7,16H2. The van der Waals surface area contributed by atoms with E-state index >= 15 is 0 Å². The van der Waals surface area contributed by atoms with Crippen LogP contribution >= 0.6 is 15.9 Å². The zero-order valence-electron chi connectivity index (χ0n) is 9.51. The summed E-state index contributed by atoms with van der Waals surface area (Å²) in [5, 5.41) is 0. The Balaban J connectivity index is 2.03. The number of halogens is 2. The number of benzene rings is 1. The van der Waals surface area contributed by atoms with Gasteiger partial charge in [0.1, 0.15) is 11.6 Å². The smallest absolute Gasteiger partial charge is 0.137 e. The quantitative estimate of drug-likeness (QED) is 0.927. The van der Waals surface area contributed by atoms with Crippen LogP contribution in [0, 0.1) is 5.82 Å². The van der Waals surface area contributed by atoms with Crippen molar-refractivity contribution in [2.45, 2.75) is 37.2 Å². The Morgan fingerprint density at radius 3 is 2.65 bits per heavy atom. The fraction of sp³-hybridized carbons (Fsp3) is 0.538. The molecule has 1 aromatic rings. The van der Waals surface area contributed by atoms with Crippen molar-refractivity contribution in [3.05, 3.63) is 28.0 Å². The van der Waals surface area contributed by atoms with Crippen LogP contribution in [0.4, 0.5) is 4.39 Å². The first-order valence-corrected chi connectivity index (χ1v) is 6.80. The van der Waals surface area contributed by atoms with Gasteiger partial charge in [-0.05, 0) is 53.7 Å². The molecule has 0 radical (unpaired) electrons. The lowest BCUT2D eigenvalue weighted by atomic mass is 9.95. The highest BCUT2D eigenvalue weighted by atomic mass is 79.9. The Kier molecular flexibility index (Phi) is 2.67. The van der Waals surface area contributed by atoms with Crippen molar-refractivity contribution in [2.24, 2.45) is 5.73 Å². The Morgan fingerprint density at radius 1 is 1.41 bits per heavy atom. The molecule has 2 fully saturated rings. The fourth-order valence-electron chi connectivity index (χ4n) is 2.16. The lowest BCUT2D eigenvalue weighted by Gasteiger charge is -2.19. The third-order valence-electron chi connectivity index (χ3n) is 3.63. The van der Waals surface area contributed by atoms with Crippen molar-refractivity contribution in [1.82, 2.24) is 0 Å². The van der Waals surface area contributed by atoms with Gasteiger partial charge in [-0.25, -0.2) is 4.39 Å². The van der Waals surface area contributed by atoms with Gasteiger partial charge < -0.3 is 10.5 Å². The minimum absolute atomic E-state index is 0.0468. The van der Waals surface area contributed by atoms with Gasteiger partial charge in [0.25, 0.3) is 0 Å². The fourth-order valence-corrected chi connectivity index (χ4v) is 2.69. The molecular weight excluding hydrogens is 285 g/mol. The Labute approximate surface area is 108 Å². The van der Waals surface area contributed by atoms with Gasteiger partial charge in [0.2, 0.25) is 0 Å². The van der Waals surface area contributed by atoms with Gasteiger partial charge >= 0.3 is 0 Å². The van der Waals surface area contributed by atoms with Crippen molar-refractivity contribution < 1.29 is 9.13 Å². The molecule has 3 rings (SSSR count). The number of hydrogen-bond acceptors (Lipinski definition) is 2. The van der Waals surface area contributed by atoms with Crippen LogP contribution in [0.5, 0.6) is 5.75 Å². The number of rotatable bonds is 4. The predicted molar refractivity (Wildman–Crippen MR) is 67.7 cm³/mol. The summed E-state index contributed by atoms with van der Waals surface area (Å²) in [6, 6.07) is 3.05. The van der Waals surface area contributed by atoms with Gasteiger partial charge in [-0.3, -0.25) is 0 Å². The lowest BCUT2D eigenvalue weighted by molar-refractivity contribution is 0.294. The molecule has 0 atom stereocenters. The SMILES string of the molecule is NCC1(c2cc(F)cc(Br)c2OC2CC2)CC1. The highest BCUT2D eigenvalue weighted by Crippen LogP contribution is 2.53. The predicted octanol–water partition coefficient (Wildman–Crippen LogP) is 3.12. The molecular formula is C13H15BrFNO. The van der Waals surface area contributed by atoms with E-state index in [0.29, 0.717) is 17.1 Å². The summed E-state index contributed by atoms with van der Waals surface area (Å²) in [5.74, 6) is 0.576. The Hall–Kier alpha value is -0.610. The van der Waals surface area contributed by atoms with Gasteiger partial charge in [0.15, 0.2) is 0 Å². The van der Waals surface area contributed by atoms with E-state index in [0.717, 1.165) is 37.0 Å². The van der Waals surface area contributed by atoms with Gasteiger partial charge in [-0.15, -0.1) is 0 Å². The summed E-state index contributed by atoms with van der Waals surface area (Å²) in [6.45, 7) is 0.559. The zero-order chi connectivity index (χ0) is 12.0. The van der Waals surface area contributed by atoms with Crippen LogP contribution in [0.15, 0.2) is 16.6 Å². The Bertz CT molecular complexity index is 455. The van der Waals surface area contributed by atoms with E-state index in [4.69, 9.17) is 10.5 Å². The van der Waals surface area contributed by atoms with Gasteiger partial charge in [-0.2, -0.15) is 0 Å². The summed E-state index contributed by atoms with van der Waals surface area (Å²) in [7, 11) is 0. The summed E-state index contributed by atoms with van der Waals surface area (Å²) in [5.41, 5.74) is 6.72. The molecule has 0 amide bonds. The van der Waals surface area contributed by atoms with Crippen LogP contribution in [-0.2, 0) is 5.41 Å². The molecule has 4 heteroatoms. The summed E-state index contributed by atoms with van der Waals surface area (Å²) >= 11 is 3.40. The third-order valence-corrected chi connectivity index (χ3v) is 4.22. The highest BCUT2D eigenvalue weighted by molar-refractivity contribution is 9.10. The van der Waals surface area contributed by atoms with E-state index in [1.54, 1.807) is 6.07 Å². The molecule has 0 aliphatic heterocycles. The molecule has 2 aliphatic carbocycles. The number of hydrogen-bond donors (Lipinski definition) is 1. The first-order chi connectivity index (χ1) is 8.14. The van der Waals surface area contributed by atoms with Crippen LogP contribution in [0.2, 0.25) is 0 Å². The molecule has 1 aromatic carbocycles. The molecule has 17 heavy (non-hydrogen) atoms. The van der Waals surface area contributed by atoms with E-state index < -0.39 is 0 Å². The Morgan fingerprint density at radius 2 is 2.12 bits per heavy atom. The average molecular weight is 300 g/mol. The molecule has 2 N–H and O–H groups in total. The van der Waals surface area contributed by atoms with Crippen LogP contribution in [0.3, 0.4) is 0 Å². The average Bonchev–Trinajstić information content (AvgIpc) is 3.15. The zero-order valence-corrected chi connectivity index (χ0v) is 11.1.